The zero-order chi connectivity index (χ0) is 42.8. The quantitative estimate of drug-likeness (QED) is 0.192. The number of hydrogen-bond acceptors (Lipinski definition) is 8. The molecule has 326 valence electrons. The van der Waals surface area contributed by atoms with Gasteiger partial charge in [-0.2, -0.15) is 12.7 Å². The molecule has 0 unspecified atom stereocenters. The fourth-order valence-corrected chi connectivity index (χ4v) is 12.7. The normalized spacial score (nSPS) is 31.4. The molecule has 2 heterocycles. The van der Waals surface area contributed by atoms with E-state index in [0.717, 1.165) is 81.6 Å². The van der Waals surface area contributed by atoms with Crippen LogP contribution in [-0.2, 0) is 34.2 Å². The third-order valence-corrected chi connectivity index (χ3v) is 17.6. The number of fused-ring (bicyclic) bond motifs is 1. The molecule has 0 radical (unpaired) electrons. The minimum absolute atomic E-state index is 0.0230. The summed E-state index contributed by atoms with van der Waals surface area (Å²) in [6.07, 6.45) is 11.5. The summed E-state index contributed by atoms with van der Waals surface area (Å²) >= 11 is 0. The van der Waals surface area contributed by atoms with Gasteiger partial charge in [0.25, 0.3) is 5.91 Å². The van der Waals surface area contributed by atoms with E-state index in [1.54, 1.807) is 24.8 Å². The topological polar surface area (TPSA) is 177 Å². The van der Waals surface area contributed by atoms with Crippen LogP contribution in [0.15, 0.2) is 12.7 Å². The number of rotatable bonds is 14. The van der Waals surface area contributed by atoms with E-state index in [2.05, 4.69) is 46.0 Å². The van der Waals surface area contributed by atoms with E-state index in [4.69, 9.17) is 0 Å². The molecule has 4 N–H and O–H groups in total. The molecule has 2 saturated heterocycles. The zero-order valence-electron chi connectivity index (χ0n) is 36.5. The fraction of sp³-hybridized carbons (Fsp3) is 0.837. The Bertz CT molecular complexity index is 1770. The van der Waals surface area contributed by atoms with Crippen molar-refractivity contribution >= 4 is 39.7 Å². The van der Waals surface area contributed by atoms with E-state index in [-0.39, 0.29) is 52.3 Å². The second-order valence-corrected chi connectivity index (χ2v) is 22.1. The van der Waals surface area contributed by atoms with Gasteiger partial charge in [0.05, 0.1) is 6.04 Å². The molecule has 6 aliphatic rings. The molecule has 58 heavy (non-hydrogen) atoms. The molecule has 6 fully saturated rings. The summed E-state index contributed by atoms with van der Waals surface area (Å²) in [4.78, 5) is 75.9. The lowest BCUT2D eigenvalue weighted by molar-refractivity contribution is -0.145. The molecule has 0 aromatic rings. The van der Waals surface area contributed by atoms with Crippen molar-refractivity contribution in [2.24, 2.45) is 33.5 Å². The van der Waals surface area contributed by atoms with E-state index in [1.807, 2.05) is 27.7 Å². The van der Waals surface area contributed by atoms with Crippen molar-refractivity contribution < 1.29 is 32.4 Å². The molecule has 0 aromatic carbocycles. The molecule has 15 heteroatoms. The molecule has 7 atom stereocenters. The molecule has 5 amide bonds. The summed E-state index contributed by atoms with van der Waals surface area (Å²) in [5.41, 5.74) is -2.83. The first-order valence-corrected chi connectivity index (χ1v) is 23.4. The Kier molecular flexibility index (Phi) is 12.1. The maximum absolute atomic E-state index is 15.2. The Balaban J connectivity index is 1.28. The third kappa shape index (κ3) is 7.40. The smallest absolute Gasteiger partial charge is 0.303 e. The van der Waals surface area contributed by atoms with Crippen molar-refractivity contribution in [3.05, 3.63) is 12.7 Å². The molecule has 14 nitrogen and oxygen atoms in total. The van der Waals surface area contributed by atoms with Crippen molar-refractivity contribution in [1.29, 1.82) is 0 Å². The van der Waals surface area contributed by atoms with Crippen LogP contribution in [0.1, 0.15) is 132 Å². The lowest BCUT2D eigenvalue weighted by atomic mass is 9.73. The lowest BCUT2D eigenvalue weighted by Crippen LogP contribution is -2.63. The number of nitrogens with zero attached hydrogens (tertiary/aromatic N) is 3. The molecule has 4 aliphatic carbocycles. The number of likely N-dealkylation sites (tertiary alicyclic amines) is 2. The Hall–Kier alpha value is -3.04. The van der Waals surface area contributed by atoms with Crippen LogP contribution < -0.4 is 20.7 Å². The van der Waals surface area contributed by atoms with E-state index in [0.29, 0.717) is 13.0 Å². The van der Waals surface area contributed by atoms with Gasteiger partial charge in [0.15, 0.2) is 0 Å². The maximum atomic E-state index is 15.2. The first-order valence-electron chi connectivity index (χ1n) is 21.9. The predicted molar refractivity (Wildman–Crippen MR) is 222 cm³/mol. The van der Waals surface area contributed by atoms with Gasteiger partial charge >= 0.3 is 10.2 Å². The maximum Gasteiger partial charge on any atom is 0.303 e. The zero-order valence-corrected chi connectivity index (χ0v) is 37.4. The van der Waals surface area contributed by atoms with Crippen LogP contribution in [0, 0.1) is 33.5 Å². The largest absolute Gasteiger partial charge is 0.343 e. The van der Waals surface area contributed by atoms with Crippen molar-refractivity contribution in [2.75, 3.05) is 26.7 Å². The van der Waals surface area contributed by atoms with Crippen LogP contribution >= 0.6 is 0 Å². The average molecular weight is 830 g/mol. The van der Waals surface area contributed by atoms with Crippen LogP contribution in [0.3, 0.4) is 0 Å². The minimum atomic E-state index is -4.20. The van der Waals surface area contributed by atoms with Crippen molar-refractivity contribution in [1.82, 2.24) is 34.8 Å². The van der Waals surface area contributed by atoms with Gasteiger partial charge in [-0.3, -0.25) is 28.9 Å². The number of amides is 5. The lowest BCUT2D eigenvalue weighted by Gasteiger charge is -2.38. The molecule has 2 spiro atoms. The van der Waals surface area contributed by atoms with Crippen molar-refractivity contribution in [3.63, 3.8) is 0 Å². The van der Waals surface area contributed by atoms with Crippen LogP contribution in [-0.4, -0.2) is 114 Å². The van der Waals surface area contributed by atoms with E-state index in [9.17, 15) is 27.6 Å². The van der Waals surface area contributed by atoms with Crippen molar-refractivity contribution in [2.45, 2.75) is 168 Å². The Morgan fingerprint density at radius 1 is 0.897 bits per heavy atom. The summed E-state index contributed by atoms with van der Waals surface area (Å²) in [5, 5.41) is 9.22. The van der Waals surface area contributed by atoms with Gasteiger partial charge < -0.3 is 20.9 Å². The average Bonchev–Trinajstić information content (AvgIpc) is 3.66. The van der Waals surface area contributed by atoms with Gasteiger partial charge in [0.2, 0.25) is 23.6 Å². The number of nitrogens with one attached hydrogen (secondary N) is 4. The van der Waals surface area contributed by atoms with Gasteiger partial charge in [-0.15, -0.1) is 6.58 Å². The standard InChI is InChI=1S/C43H71N7O7S/c1-11-29-24-43(29,38(55)47-58(56,57)48(10)27(3)4)46-35(52)31-25-42(40(8,9)41(42)21-17-22-41)26-50(31)37(54)33(39(5,6)7)45-36(53)32(28-18-14-13-15-19-28)44-34(51)30-20-16-23-49(30)12-2/h11,27-33H,1,12-26H2,2-10H3,(H,44,51)(H,45,53)(H,46,52)(H,47,55)/t29-,30+,31+,32+,33-,42-,43-/m1/s1. The molecule has 6 rings (SSSR count). The highest BCUT2D eigenvalue weighted by molar-refractivity contribution is 7.87. The van der Waals surface area contributed by atoms with Gasteiger partial charge in [-0.05, 0) is 100 Å². The van der Waals surface area contributed by atoms with Gasteiger partial charge in [-0.25, -0.2) is 4.72 Å². The summed E-state index contributed by atoms with van der Waals surface area (Å²) < 4.78 is 29.5. The summed E-state index contributed by atoms with van der Waals surface area (Å²) in [7, 11) is -2.83. The van der Waals surface area contributed by atoms with E-state index in [1.165, 1.54) is 7.05 Å². The van der Waals surface area contributed by atoms with Crippen LogP contribution in [0.2, 0.25) is 0 Å². The number of carbonyl (C=O) groups is 5. The summed E-state index contributed by atoms with van der Waals surface area (Å²) in [6.45, 7) is 21.3. The van der Waals surface area contributed by atoms with E-state index >= 15 is 4.79 Å². The summed E-state index contributed by atoms with van der Waals surface area (Å²) in [6, 6.07) is -3.50. The highest BCUT2D eigenvalue weighted by Crippen LogP contribution is 2.88. The van der Waals surface area contributed by atoms with Crippen LogP contribution in [0.25, 0.3) is 0 Å². The second-order valence-electron chi connectivity index (χ2n) is 20.4. The molecule has 0 aromatic heterocycles. The Morgan fingerprint density at radius 3 is 2.07 bits per heavy atom. The first-order chi connectivity index (χ1) is 27.0. The highest BCUT2D eigenvalue weighted by Gasteiger charge is 2.85. The monoisotopic (exact) mass is 830 g/mol. The first kappa shape index (κ1) is 44.5. The van der Waals surface area contributed by atoms with Crippen LogP contribution in [0.4, 0.5) is 0 Å². The second kappa shape index (κ2) is 15.8. The van der Waals surface area contributed by atoms with Crippen LogP contribution in [0.5, 0.6) is 0 Å². The minimum Gasteiger partial charge on any atom is -0.343 e. The Labute approximate surface area is 347 Å². The molecule has 4 saturated carbocycles. The molecular weight excluding hydrogens is 759 g/mol. The molecule has 0 bridgehead atoms. The highest BCUT2D eigenvalue weighted by atomic mass is 32.2. The molecular formula is C43H71N7O7S. The number of carbonyl (C=O) groups excluding carboxylic acids is 5. The fourth-order valence-electron chi connectivity index (χ4n) is 11.6. The van der Waals surface area contributed by atoms with Crippen molar-refractivity contribution in [3.8, 4) is 0 Å². The third-order valence-electron chi connectivity index (χ3n) is 15.9. The SMILES string of the molecule is C=C[C@@H]1C[C@]1(NC(=O)[C@@H]1C[C@@]2(CN1C(=O)[C@@H](NC(=O)[C@@H](NC(=O)[C@@H]1CCCN1CC)C1CCCCC1)C(C)(C)C)C(C)(C)C21CCC1)C(=O)NS(=O)(=O)N(C)C(C)C. The predicted octanol–water partition coefficient (Wildman–Crippen LogP) is 3.63. The van der Waals surface area contributed by atoms with Gasteiger partial charge in [-0.1, -0.05) is 73.3 Å². The summed E-state index contributed by atoms with van der Waals surface area (Å²) in [5.74, 6) is -2.86. The number of likely N-dealkylation sites (N-methyl/N-ethyl adjacent to an activating group) is 1. The number of hydrogen-bond donors (Lipinski definition) is 4. The molecule has 2 aliphatic heterocycles. The van der Waals surface area contributed by atoms with Gasteiger partial charge in [0.1, 0.15) is 23.7 Å². The Morgan fingerprint density at radius 2 is 1.55 bits per heavy atom. The van der Waals surface area contributed by atoms with Gasteiger partial charge in [0, 0.05) is 31.0 Å². The van der Waals surface area contributed by atoms with E-state index < -0.39 is 63.1 Å².